The molecule has 1 aliphatic heterocycles. The maximum absolute atomic E-state index is 12.9. The number of carbonyl (C=O) groups excluding carboxylic acids is 1. The van der Waals surface area contributed by atoms with Crippen LogP contribution in [-0.4, -0.2) is 28.9 Å². The molecule has 1 aromatic carbocycles. The van der Waals surface area contributed by atoms with Gasteiger partial charge in [0.2, 0.25) is 0 Å². The number of nitrogens with zero attached hydrogens (tertiary/aromatic N) is 2. The molecule has 1 aliphatic rings. The number of alkyl halides is 6. The predicted molar refractivity (Wildman–Crippen MR) is 95.6 cm³/mol. The Morgan fingerprint density at radius 3 is 2.14 bits per heavy atom. The van der Waals surface area contributed by atoms with Crippen LogP contribution in [0.2, 0.25) is 0 Å². The van der Waals surface area contributed by atoms with Gasteiger partial charge in [-0.1, -0.05) is 6.42 Å². The number of amides is 1. The lowest BCUT2D eigenvalue weighted by atomic mass is 10.0. The molecular weight excluding hydrogens is 420 g/mol. The first kappa shape index (κ1) is 21.6. The summed E-state index contributed by atoms with van der Waals surface area (Å²) in [4.78, 5) is 18.7. The van der Waals surface area contributed by atoms with Crippen LogP contribution in [0, 0.1) is 0 Å². The molecule has 4 nitrogen and oxygen atoms in total. The van der Waals surface area contributed by atoms with Gasteiger partial charge < -0.3 is 0 Å². The second-order valence-corrected chi connectivity index (χ2v) is 7.59. The standard InChI is InChI=1S/C18H17F6N3OS/c19-17(20,21)12-6-11(7-13(8-12)18(22,23)24)15(28)26-16-25-14(10-29-16)9-27-4-2-1-3-5-27/h6-8,10H,1-5,9H2,(H,25,26,28). The first-order chi connectivity index (χ1) is 13.5. The van der Waals surface area contributed by atoms with Crippen LogP contribution in [0.4, 0.5) is 31.5 Å². The summed E-state index contributed by atoms with van der Waals surface area (Å²) in [5, 5.41) is 4.11. The number of likely N-dealkylation sites (tertiary alicyclic amines) is 1. The van der Waals surface area contributed by atoms with E-state index in [0.29, 0.717) is 24.4 Å². The fourth-order valence-corrected chi connectivity index (χ4v) is 3.74. The lowest BCUT2D eigenvalue weighted by Crippen LogP contribution is -2.29. The number of piperidine rings is 1. The minimum atomic E-state index is -5.01. The largest absolute Gasteiger partial charge is 0.416 e. The van der Waals surface area contributed by atoms with Gasteiger partial charge in [-0.25, -0.2) is 4.98 Å². The predicted octanol–water partition coefficient (Wildman–Crippen LogP) is 5.42. The van der Waals surface area contributed by atoms with E-state index in [1.165, 1.54) is 6.42 Å². The van der Waals surface area contributed by atoms with Crippen molar-refractivity contribution in [1.82, 2.24) is 9.88 Å². The monoisotopic (exact) mass is 437 g/mol. The molecule has 1 saturated heterocycles. The summed E-state index contributed by atoms with van der Waals surface area (Å²) in [6.45, 7) is 2.45. The van der Waals surface area contributed by atoms with Crippen LogP contribution in [0.15, 0.2) is 23.6 Å². The molecule has 29 heavy (non-hydrogen) atoms. The fourth-order valence-electron chi connectivity index (χ4n) is 3.04. The Morgan fingerprint density at radius 2 is 1.59 bits per heavy atom. The quantitative estimate of drug-likeness (QED) is 0.650. The van der Waals surface area contributed by atoms with Gasteiger partial charge in [0.05, 0.1) is 16.8 Å². The molecule has 1 amide bonds. The zero-order chi connectivity index (χ0) is 21.2. The lowest BCUT2D eigenvalue weighted by Gasteiger charge is -2.25. The van der Waals surface area contributed by atoms with E-state index in [0.717, 1.165) is 37.3 Å². The van der Waals surface area contributed by atoms with Gasteiger partial charge in [0, 0.05) is 17.5 Å². The van der Waals surface area contributed by atoms with Crippen LogP contribution in [0.5, 0.6) is 0 Å². The van der Waals surface area contributed by atoms with E-state index in [1.807, 2.05) is 0 Å². The molecule has 1 fully saturated rings. The molecule has 11 heteroatoms. The van der Waals surface area contributed by atoms with Crippen molar-refractivity contribution in [3.05, 3.63) is 46.0 Å². The van der Waals surface area contributed by atoms with E-state index < -0.39 is 35.0 Å². The molecule has 0 aliphatic carbocycles. The molecule has 158 valence electrons. The van der Waals surface area contributed by atoms with Gasteiger partial charge in [0.15, 0.2) is 5.13 Å². The maximum atomic E-state index is 12.9. The van der Waals surface area contributed by atoms with Crippen molar-refractivity contribution < 1.29 is 31.1 Å². The topological polar surface area (TPSA) is 45.2 Å². The van der Waals surface area contributed by atoms with Crippen molar-refractivity contribution in [2.75, 3.05) is 18.4 Å². The van der Waals surface area contributed by atoms with E-state index >= 15 is 0 Å². The van der Waals surface area contributed by atoms with Crippen LogP contribution in [0.1, 0.15) is 46.4 Å². The van der Waals surface area contributed by atoms with Gasteiger partial charge in [-0.2, -0.15) is 26.3 Å². The molecule has 0 unspecified atom stereocenters. The van der Waals surface area contributed by atoms with Gasteiger partial charge in [-0.3, -0.25) is 15.0 Å². The molecule has 0 saturated carbocycles. The molecule has 0 spiro atoms. The zero-order valence-electron chi connectivity index (χ0n) is 15.0. The van der Waals surface area contributed by atoms with E-state index in [2.05, 4.69) is 15.2 Å². The number of thiazole rings is 1. The van der Waals surface area contributed by atoms with Crippen LogP contribution in [-0.2, 0) is 18.9 Å². The number of aromatic nitrogens is 1. The Hall–Kier alpha value is -2.14. The molecule has 1 N–H and O–H groups in total. The van der Waals surface area contributed by atoms with Gasteiger partial charge in [-0.15, -0.1) is 11.3 Å². The number of hydrogen-bond donors (Lipinski definition) is 1. The molecule has 0 atom stereocenters. The molecule has 1 aromatic heterocycles. The third-order valence-electron chi connectivity index (χ3n) is 4.46. The summed E-state index contributed by atoms with van der Waals surface area (Å²) in [5.74, 6) is -1.08. The Morgan fingerprint density at radius 1 is 1.00 bits per heavy atom. The Kier molecular flexibility index (Phi) is 6.18. The number of rotatable bonds is 4. The van der Waals surface area contributed by atoms with Gasteiger partial charge in [-0.05, 0) is 44.1 Å². The highest BCUT2D eigenvalue weighted by Crippen LogP contribution is 2.36. The van der Waals surface area contributed by atoms with Crippen molar-refractivity contribution in [1.29, 1.82) is 0 Å². The minimum Gasteiger partial charge on any atom is -0.298 e. The Labute approximate surface area is 166 Å². The molecule has 2 heterocycles. The summed E-state index contributed by atoms with van der Waals surface area (Å²) >= 11 is 1.07. The third kappa shape index (κ3) is 5.69. The normalized spacial score (nSPS) is 16.1. The highest BCUT2D eigenvalue weighted by molar-refractivity contribution is 7.13. The van der Waals surface area contributed by atoms with Crippen molar-refractivity contribution >= 4 is 22.4 Å². The highest BCUT2D eigenvalue weighted by atomic mass is 32.1. The number of nitrogens with one attached hydrogen (secondary N) is 1. The Bertz CT molecular complexity index is 839. The van der Waals surface area contributed by atoms with E-state index in [9.17, 15) is 31.1 Å². The molecule has 0 radical (unpaired) electrons. The fraction of sp³-hybridized carbons (Fsp3) is 0.444. The van der Waals surface area contributed by atoms with E-state index in [4.69, 9.17) is 0 Å². The van der Waals surface area contributed by atoms with Crippen LogP contribution < -0.4 is 5.32 Å². The zero-order valence-corrected chi connectivity index (χ0v) is 15.8. The number of hydrogen-bond acceptors (Lipinski definition) is 4. The number of halogens is 6. The van der Waals surface area contributed by atoms with Crippen molar-refractivity contribution in [2.45, 2.75) is 38.2 Å². The first-order valence-corrected chi connectivity index (χ1v) is 9.68. The second-order valence-electron chi connectivity index (χ2n) is 6.73. The summed E-state index contributed by atoms with van der Waals surface area (Å²) < 4.78 is 77.6. The van der Waals surface area contributed by atoms with Crippen molar-refractivity contribution in [3.8, 4) is 0 Å². The van der Waals surface area contributed by atoms with Crippen LogP contribution in [0.25, 0.3) is 0 Å². The van der Waals surface area contributed by atoms with Crippen molar-refractivity contribution in [2.24, 2.45) is 0 Å². The summed E-state index contributed by atoms with van der Waals surface area (Å²) in [6.07, 6.45) is -6.68. The average molecular weight is 437 g/mol. The van der Waals surface area contributed by atoms with Crippen LogP contribution >= 0.6 is 11.3 Å². The van der Waals surface area contributed by atoms with Crippen LogP contribution in [0.3, 0.4) is 0 Å². The summed E-state index contributed by atoms with van der Waals surface area (Å²) in [7, 11) is 0. The molecular formula is C18H17F6N3OS. The smallest absolute Gasteiger partial charge is 0.298 e. The van der Waals surface area contributed by atoms with Gasteiger partial charge in [0.1, 0.15) is 0 Å². The van der Waals surface area contributed by atoms with Gasteiger partial charge in [0.25, 0.3) is 5.91 Å². The summed E-state index contributed by atoms with van der Waals surface area (Å²) in [6, 6.07) is 0.774. The van der Waals surface area contributed by atoms with E-state index in [1.54, 1.807) is 5.38 Å². The van der Waals surface area contributed by atoms with Crippen molar-refractivity contribution in [3.63, 3.8) is 0 Å². The minimum absolute atomic E-state index is 0.0170. The lowest BCUT2D eigenvalue weighted by molar-refractivity contribution is -0.143. The third-order valence-corrected chi connectivity index (χ3v) is 5.26. The van der Waals surface area contributed by atoms with Gasteiger partial charge >= 0.3 is 12.4 Å². The molecule has 0 bridgehead atoms. The number of benzene rings is 1. The highest BCUT2D eigenvalue weighted by Gasteiger charge is 2.37. The summed E-state index contributed by atoms with van der Waals surface area (Å²) in [5.41, 5.74) is -3.13. The first-order valence-electron chi connectivity index (χ1n) is 8.80. The molecule has 2 aromatic rings. The second kappa shape index (κ2) is 8.31. The number of carbonyl (C=O) groups is 1. The Balaban J connectivity index is 1.76. The number of anilines is 1. The maximum Gasteiger partial charge on any atom is 0.416 e. The average Bonchev–Trinajstić information content (AvgIpc) is 3.07. The SMILES string of the molecule is O=C(Nc1nc(CN2CCCCC2)cs1)c1cc(C(F)(F)F)cc(C(F)(F)F)c1. The molecule has 3 rings (SSSR count). The van der Waals surface area contributed by atoms with E-state index in [-0.39, 0.29) is 11.2 Å².